The molecule has 0 fully saturated rings. The Balaban J connectivity index is 1.78. The zero-order valence-electron chi connectivity index (χ0n) is 20.7. The van der Waals surface area contributed by atoms with Gasteiger partial charge in [-0.05, 0) is 6.42 Å². The fourth-order valence-corrected chi connectivity index (χ4v) is 4.15. The van der Waals surface area contributed by atoms with Crippen molar-refractivity contribution in [2.24, 2.45) is 0 Å². The van der Waals surface area contributed by atoms with Gasteiger partial charge in [0.2, 0.25) is 0 Å². The first-order valence-corrected chi connectivity index (χ1v) is 14.3. The molecule has 1 unspecified atom stereocenters. The van der Waals surface area contributed by atoms with E-state index in [1.54, 1.807) is 0 Å². The SMILES string of the molecule is CCCCCCCCCCCCCCOCCOCCOP(=O)(O)OCC[n+]1ccccc1. The van der Waals surface area contributed by atoms with Crippen molar-refractivity contribution in [3.63, 3.8) is 0 Å². The van der Waals surface area contributed by atoms with E-state index in [0.717, 1.165) is 13.0 Å². The molecule has 0 saturated heterocycles. The van der Waals surface area contributed by atoms with Crippen LogP contribution in [0.5, 0.6) is 0 Å². The average Bonchev–Trinajstić information content (AvgIpc) is 2.81. The lowest BCUT2D eigenvalue weighted by Crippen LogP contribution is -2.34. The van der Waals surface area contributed by atoms with Gasteiger partial charge >= 0.3 is 7.82 Å². The normalized spacial score (nSPS) is 13.3. The molecule has 0 aliphatic rings. The largest absolute Gasteiger partial charge is 0.472 e. The molecule has 0 aromatic carbocycles. The first kappa shape index (κ1) is 30.2. The number of phosphoric ester groups is 1. The van der Waals surface area contributed by atoms with Gasteiger partial charge in [-0.3, -0.25) is 9.05 Å². The lowest BCUT2D eigenvalue weighted by Gasteiger charge is -2.11. The minimum Gasteiger partial charge on any atom is -0.379 e. The average molecular weight is 489 g/mol. The third-order valence-corrected chi connectivity index (χ3v) is 6.40. The van der Waals surface area contributed by atoms with Crippen LogP contribution in [0.25, 0.3) is 0 Å². The molecule has 0 bridgehead atoms. The minimum absolute atomic E-state index is 0.00496. The van der Waals surface area contributed by atoms with Gasteiger partial charge in [0, 0.05) is 18.7 Å². The summed E-state index contributed by atoms with van der Waals surface area (Å²) in [6.45, 7) is 4.80. The highest BCUT2D eigenvalue weighted by Gasteiger charge is 2.21. The second-order valence-corrected chi connectivity index (χ2v) is 9.82. The summed E-state index contributed by atoms with van der Waals surface area (Å²) in [5.41, 5.74) is 0. The van der Waals surface area contributed by atoms with Crippen molar-refractivity contribution in [1.82, 2.24) is 0 Å². The van der Waals surface area contributed by atoms with Crippen LogP contribution in [0.15, 0.2) is 30.6 Å². The van der Waals surface area contributed by atoms with Crippen LogP contribution in [-0.2, 0) is 29.6 Å². The number of aromatic nitrogens is 1. The fraction of sp³-hybridized carbons (Fsp3) is 0.800. The van der Waals surface area contributed by atoms with Crippen molar-refractivity contribution in [2.45, 2.75) is 90.5 Å². The second kappa shape index (κ2) is 21.7. The topological polar surface area (TPSA) is 78.1 Å². The molecule has 0 aliphatic carbocycles. The van der Waals surface area contributed by atoms with E-state index in [1.807, 2.05) is 35.2 Å². The molecule has 0 aliphatic heterocycles. The first-order valence-electron chi connectivity index (χ1n) is 12.9. The van der Waals surface area contributed by atoms with E-state index in [4.69, 9.17) is 18.5 Å². The Morgan fingerprint density at radius 1 is 0.636 bits per heavy atom. The molecule has 0 saturated carbocycles. The van der Waals surface area contributed by atoms with Crippen LogP contribution in [0.2, 0.25) is 0 Å². The molecule has 7 nitrogen and oxygen atoms in total. The Bertz CT molecular complexity index is 590. The Morgan fingerprint density at radius 3 is 1.73 bits per heavy atom. The molecule has 1 aromatic rings. The summed E-state index contributed by atoms with van der Waals surface area (Å²) in [5.74, 6) is 0. The predicted molar refractivity (Wildman–Crippen MR) is 131 cm³/mol. The summed E-state index contributed by atoms with van der Waals surface area (Å²) in [5, 5.41) is 0. The van der Waals surface area contributed by atoms with E-state index in [9.17, 15) is 9.46 Å². The van der Waals surface area contributed by atoms with Crippen LogP contribution in [0, 0.1) is 0 Å². The zero-order valence-corrected chi connectivity index (χ0v) is 21.6. The minimum atomic E-state index is -4.05. The lowest BCUT2D eigenvalue weighted by molar-refractivity contribution is -0.697. The number of hydrogen-bond donors (Lipinski definition) is 1. The van der Waals surface area contributed by atoms with E-state index >= 15 is 0 Å². The van der Waals surface area contributed by atoms with E-state index in [-0.39, 0.29) is 19.8 Å². The molecule has 1 aromatic heterocycles. The number of nitrogens with zero attached hydrogens (tertiary/aromatic N) is 1. The summed E-state index contributed by atoms with van der Waals surface area (Å²) >= 11 is 0. The molecular weight excluding hydrogens is 441 g/mol. The van der Waals surface area contributed by atoms with Gasteiger partial charge in [-0.2, -0.15) is 0 Å². The molecule has 192 valence electrons. The van der Waals surface area contributed by atoms with Gasteiger partial charge in [0.25, 0.3) is 0 Å². The Hall–Kier alpha value is -0.820. The van der Waals surface area contributed by atoms with Gasteiger partial charge in [0.1, 0.15) is 6.61 Å². The van der Waals surface area contributed by atoms with Crippen molar-refractivity contribution >= 4 is 7.82 Å². The summed E-state index contributed by atoms with van der Waals surface area (Å²) in [6.07, 6.45) is 19.7. The number of phosphoric acid groups is 1. The molecule has 1 N–H and O–H groups in total. The molecule has 0 spiro atoms. The standard InChI is InChI=1S/C25H46NO6P/c1-2-3-4-5-6-7-8-9-10-11-12-16-20-29-22-23-30-24-25-32-33(27,28)31-21-19-26-17-14-13-15-18-26/h13-15,17-18H,2-12,16,19-25H2,1H3/p+1. The molecular formula is C25H47NO6P+. The maximum Gasteiger partial charge on any atom is 0.472 e. The smallest absolute Gasteiger partial charge is 0.379 e. The van der Waals surface area contributed by atoms with E-state index in [1.165, 1.54) is 70.6 Å². The van der Waals surface area contributed by atoms with Crippen LogP contribution < -0.4 is 4.57 Å². The van der Waals surface area contributed by atoms with Crippen molar-refractivity contribution in [3.8, 4) is 0 Å². The summed E-state index contributed by atoms with van der Waals surface area (Å²) < 4.78 is 34.5. The van der Waals surface area contributed by atoms with Gasteiger partial charge in [-0.25, -0.2) is 9.13 Å². The van der Waals surface area contributed by atoms with Gasteiger partial charge < -0.3 is 14.4 Å². The number of rotatable bonds is 24. The lowest BCUT2D eigenvalue weighted by atomic mass is 10.1. The van der Waals surface area contributed by atoms with Crippen LogP contribution in [0.3, 0.4) is 0 Å². The molecule has 8 heteroatoms. The van der Waals surface area contributed by atoms with E-state index in [2.05, 4.69) is 6.92 Å². The predicted octanol–water partition coefficient (Wildman–Crippen LogP) is 5.84. The summed E-state index contributed by atoms with van der Waals surface area (Å²) in [7, 11) is -4.05. The highest BCUT2D eigenvalue weighted by atomic mass is 31.2. The van der Waals surface area contributed by atoms with Gasteiger partial charge in [0.05, 0.1) is 26.4 Å². The number of unbranched alkanes of at least 4 members (excludes halogenated alkanes) is 11. The molecule has 1 rings (SSSR count). The van der Waals surface area contributed by atoms with Crippen molar-refractivity contribution in [3.05, 3.63) is 30.6 Å². The highest BCUT2D eigenvalue weighted by molar-refractivity contribution is 7.47. The van der Waals surface area contributed by atoms with Crippen molar-refractivity contribution in [1.29, 1.82) is 0 Å². The maximum absolute atomic E-state index is 11.8. The molecule has 0 amide bonds. The van der Waals surface area contributed by atoms with Crippen LogP contribution in [0.1, 0.15) is 84.0 Å². The zero-order chi connectivity index (χ0) is 23.9. The van der Waals surface area contributed by atoms with E-state index in [0.29, 0.717) is 19.8 Å². The van der Waals surface area contributed by atoms with Crippen molar-refractivity contribution in [2.75, 3.05) is 39.6 Å². The molecule has 1 heterocycles. The molecule has 1 atom stereocenters. The number of pyridine rings is 1. The second-order valence-electron chi connectivity index (χ2n) is 8.36. The summed E-state index contributed by atoms with van der Waals surface area (Å²) in [6, 6.07) is 5.67. The number of hydrogen-bond acceptors (Lipinski definition) is 5. The Kier molecular flexibility index (Phi) is 19.9. The Labute approximate surface area is 201 Å². The van der Waals surface area contributed by atoms with Crippen LogP contribution >= 0.6 is 7.82 Å². The van der Waals surface area contributed by atoms with Gasteiger partial charge in [0.15, 0.2) is 18.9 Å². The van der Waals surface area contributed by atoms with Crippen LogP contribution in [-0.4, -0.2) is 44.5 Å². The van der Waals surface area contributed by atoms with Gasteiger partial charge in [-0.1, -0.05) is 83.6 Å². The third kappa shape index (κ3) is 20.3. The first-order chi connectivity index (χ1) is 16.1. The number of ether oxygens (including phenoxy) is 2. The van der Waals surface area contributed by atoms with Crippen LogP contribution in [0.4, 0.5) is 0 Å². The Morgan fingerprint density at radius 2 is 1.12 bits per heavy atom. The molecule has 33 heavy (non-hydrogen) atoms. The third-order valence-electron chi connectivity index (χ3n) is 5.38. The quantitative estimate of drug-likeness (QED) is 0.112. The van der Waals surface area contributed by atoms with Crippen molar-refractivity contribution < 1.29 is 32.5 Å². The fourth-order valence-electron chi connectivity index (χ4n) is 3.46. The highest BCUT2D eigenvalue weighted by Crippen LogP contribution is 2.42. The summed E-state index contributed by atoms with van der Waals surface area (Å²) in [4.78, 5) is 9.66. The van der Waals surface area contributed by atoms with Gasteiger partial charge in [-0.15, -0.1) is 0 Å². The van der Waals surface area contributed by atoms with E-state index < -0.39 is 7.82 Å². The molecule has 0 radical (unpaired) electrons. The maximum atomic E-state index is 11.8. The monoisotopic (exact) mass is 488 g/mol.